The van der Waals surface area contributed by atoms with Crippen molar-refractivity contribution in [3.05, 3.63) is 0 Å². The Labute approximate surface area is 114 Å². The molecule has 1 saturated carbocycles. The van der Waals surface area contributed by atoms with Crippen molar-refractivity contribution < 1.29 is 24.1 Å². The fraction of sp³-hybridized carbons (Fsp3) is 0.929. The molecule has 2 rings (SSSR count). The highest BCUT2D eigenvalue weighted by Gasteiger charge is 2.26. The summed E-state index contributed by atoms with van der Waals surface area (Å²) in [5, 5.41) is 8.55. The molecule has 2 aliphatic rings. The Hall–Kier alpha value is -0.650. The van der Waals surface area contributed by atoms with Crippen molar-refractivity contribution in [2.24, 2.45) is 5.92 Å². The van der Waals surface area contributed by atoms with Crippen molar-refractivity contribution >= 4 is 5.97 Å². The van der Waals surface area contributed by atoms with Gasteiger partial charge < -0.3 is 19.3 Å². The summed E-state index contributed by atoms with van der Waals surface area (Å²) >= 11 is 0. The van der Waals surface area contributed by atoms with E-state index in [1.54, 1.807) is 0 Å². The van der Waals surface area contributed by atoms with Gasteiger partial charge in [-0.3, -0.25) is 0 Å². The normalized spacial score (nSPS) is 32.1. The molecule has 1 N–H and O–H groups in total. The van der Waals surface area contributed by atoms with Crippen LogP contribution in [0.1, 0.15) is 44.9 Å². The van der Waals surface area contributed by atoms with E-state index >= 15 is 0 Å². The Morgan fingerprint density at radius 3 is 2.84 bits per heavy atom. The Morgan fingerprint density at radius 2 is 2.11 bits per heavy atom. The number of carboxylic acids is 1. The van der Waals surface area contributed by atoms with Gasteiger partial charge in [-0.2, -0.15) is 0 Å². The van der Waals surface area contributed by atoms with E-state index in [0.717, 1.165) is 45.1 Å². The van der Waals surface area contributed by atoms with Crippen LogP contribution in [0.15, 0.2) is 0 Å². The third-order valence-electron chi connectivity index (χ3n) is 3.80. The molecule has 0 amide bonds. The summed E-state index contributed by atoms with van der Waals surface area (Å²) in [6.45, 7) is 1.13. The predicted molar refractivity (Wildman–Crippen MR) is 68.9 cm³/mol. The van der Waals surface area contributed by atoms with E-state index in [9.17, 15) is 4.79 Å². The number of carboxylic acid groups (broad SMARTS) is 1. The van der Waals surface area contributed by atoms with E-state index < -0.39 is 5.97 Å². The fourth-order valence-corrected chi connectivity index (χ4v) is 2.86. The van der Waals surface area contributed by atoms with E-state index in [2.05, 4.69) is 0 Å². The molecule has 1 saturated heterocycles. The zero-order valence-electron chi connectivity index (χ0n) is 11.4. The van der Waals surface area contributed by atoms with Crippen molar-refractivity contribution in [3.8, 4) is 0 Å². The molecule has 0 radical (unpaired) electrons. The van der Waals surface area contributed by atoms with Crippen LogP contribution < -0.4 is 0 Å². The SMILES string of the molecule is O=C(O)COCC1CCC[C@H](OC2CCCCO2)C1. The minimum atomic E-state index is -0.904. The second-order valence-corrected chi connectivity index (χ2v) is 5.50. The lowest BCUT2D eigenvalue weighted by Gasteiger charge is -2.33. The van der Waals surface area contributed by atoms with Gasteiger partial charge in [0.15, 0.2) is 6.29 Å². The number of hydrogen-bond acceptors (Lipinski definition) is 4. The van der Waals surface area contributed by atoms with Gasteiger partial charge in [0.1, 0.15) is 6.61 Å². The van der Waals surface area contributed by atoms with Crippen molar-refractivity contribution in [1.29, 1.82) is 0 Å². The molecule has 0 spiro atoms. The molecule has 0 aromatic rings. The van der Waals surface area contributed by atoms with Gasteiger partial charge >= 0.3 is 5.97 Å². The molecule has 3 atom stereocenters. The standard InChI is InChI=1S/C14H24O5/c15-13(16)10-17-9-11-4-3-5-12(8-11)19-14-6-1-2-7-18-14/h11-12,14H,1-10H2,(H,15,16)/t11?,12-,14?/m0/s1. The molecule has 5 nitrogen and oxygen atoms in total. The third kappa shape index (κ3) is 5.47. The van der Waals surface area contributed by atoms with Gasteiger partial charge in [-0.05, 0) is 44.4 Å². The molecule has 1 heterocycles. The lowest BCUT2D eigenvalue weighted by molar-refractivity contribution is -0.197. The number of ether oxygens (including phenoxy) is 3. The Bertz CT molecular complexity index is 275. The average Bonchev–Trinajstić information content (AvgIpc) is 2.40. The minimum absolute atomic E-state index is 0.0302. The number of rotatable bonds is 6. The number of carbonyl (C=O) groups is 1. The first-order chi connectivity index (χ1) is 9.24. The summed E-state index contributed by atoms with van der Waals surface area (Å²) in [5.41, 5.74) is 0. The maximum absolute atomic E-state index is 10.4. The van der Waals surface area contributed by atoms with Gasteiger partial charge in [-0.15, -0.1) is 0 Å². The second-order valence-electron chi connectivity index (χ2n) is 5.50. The number of hydrogen-bond donors (Lipinski definition) is 1. The molecule has 0 aromatic heterocycles. The molecular weight excluding hydrogens is 248 g/mol. The topological polar surface area (TPSA) is 65.0 Å². The largest absolute Gasteiger partial charge is 0.480 e. The van der Waals surface area contributed by atoms with Gasteiger partial charge in [-0.1, -0.05) is 6.42 Å². The van der Waals surface area contributed by atoms with Gasteiger partial charge in [0.2, 0.25) is 0 Å². The highest BCUT2D eigenvalue weighted by molar-refractivity contribution is 5.67. The van der Waals surface area contributed by atoms with Crippen LogP contribution in [0.2, 0.25) is 0 Å². The monoisotopic (exact) mass is 272 g/mol. The van der Waals surface area contributed by atoms with E-state index in [0.29, 0.717) is 12.5 Å². The summed E-state index contributed by atoms with van der Waals surface area (Å²) in [7, 11) is 0. The van der Waals surface area contributed by atoms with Crippen LogP contribution in [0.4, 0.5) is 0 Å². The van der Waals surface area contributed by atoms with Crippen molar-refractivity contribution in [3.63, 3.8) is 0 Å². The Morgan fingerprint density at radius 1 is 1.21 bits per heavy atom. The Balaban J connectivity index is 1.66. The summed E-state index contributed by atoms with van der Waals surface area (Å²) < 4.78 is 16.8. The lowest BCUT2D eigenvalue weighted by Crippen LogP contribution is -2.32. The summed E-state index contributed by atoms with van der Waals surface area (Å²) in [6.07, 6.45) is 7.79. The zero-order chi connectivity index (χ0) is 13.5. The molecule has 2 fully saturated rings. The van der Waals surface area contributed by atoms with Crippen molar-refractivity contribution in [2.75, 3.05) is 19.8 Å². The maximum atomic E-state index is 10.4. The van der Waals surface area contributed by atoms with E-state index in [4.69, 9.17) is 19.3 Å². The molecule has 19 heavy (non-hydrogen) atoms. The molecule has 2 unspecified atom stereocenters. The van der Waals surface area contributed by atoms with Gasteiger partial charge in [0.05, 0.1) is 12.7 Å². The van der Waals surface area contributed by atoms with E-state index in [1.807, 2.05) is 0 Å². The van der Waals surface area contributed by atoms with Crippen LogP contribution in [0.5, 0.6) is 0 Å². The van der Waals surface area contributed by atoms with Crippen LogP contribution in [-0.4, -0.2) is 43.3 Å². The van der Waals surface area contributed by atoms with Gasteiger partial charge in [0.25, 0.3) is 0 Å². The maximum Gasteiger partial charge on any atom is 0.329 e. The van der Waals surface area contributed by atoms with Crippen molar-refractivity contribution in [2.45, 2.75) is 57.3 Å². The lowest BCUT2D eigenvalue weighted by atomic mass is 9.87. The molecule has 5 heteroatoms. The first kappa shape index (κ1) is 14.8. The molecule has 0 aromatic carbocycles. The minimum Gasteiger partial charge on any atom is -0.480 e. The number of aliphatic carboxylic acids is 1. The van der Waals surface area contributed by atoms with Crippen LogP contribution in [0.25, 0.3) is 0 Å². The first-order valence-electron chi connectivity index (χ1n) is 7.30. The van der Waals surface area contributed by atoms with E-state index in [-0.39, 0.29) is 19.0 Å². The van der Waals surface area contributed by atoms with E-state index in [1.165, 1.54) is 6.42 Å². The second kappa shape index (κ2) is 7.82. The summed E-state index contributed by atoms with van der Waals surface area (Å²) in [5.74, 6) is -0.485. The van der Waals surface area contributed by atoms with Gasteiger partial charge in [0, 0.05) is 6.61 Å². The summed E-state index contributed by atoms with van der Waals surface area (Å²) in [6, 6.07) is 0. The van der Waals surface area contributed by atoms with Crippen LogP contribution in [-0.2, 0) is 19.0 Å². The van der Waals surface area contributed by atoms with Crippen LogP contribution in [0, 0.1) is 5.92 Å². The molecule has 1 aliphatic carbocycles. The van der Waals surface area contributed by atoms with Gasteiger partial charge in [-0.25, -0.2) is 4.79 Å². The Kier molecular flexibility index (Phi) is 6.07. The van der Waals surface area contributed by atoms with Crippen LogP contribution >= 0.6 is 0 Å². The summed E-state index contributed by atoms with van der Waals surface area (Å²) in [4.78, 5) is 10.4. The average molecular weight is 272 g/mol. The highest BCUT2D eigenvalue weighted by Crippen LogP contribution is 2.29. The third-order valence-corrected chi connectivity index (χ3v) is 3.80. The smallest absolute Gasteiger partial charge is 0.329 e. The highest BCUT2D eigenvalue weighted by atomic mass is 16.7. The van der Waals surface area contributed by atoms with Crippen LogP contribution in [0.3, 0.4) is 0 Å². The molecule has 1 aliphatic heterocycles. The van der Waals surface area contributed by atoms with Crippen molar-refractivity contribution in [1.82, 2.24) is 0 Å². The predicted octanol–water partition coefficient (Wildman–Crippen LogP) is 2.19. The fourth-order valence-electron chi connectivity index (χ4n) is 2.86. The molecular formula is C14H24O5. The quantitative estimate of drug-likeness (QED) is 0.803. The first-order valence-corrected chi connectivity index (χ1v) is 7.30. The molecule has 0 bridgehead atoms. The zero-order valence-corrected chi connectivity index (χ0v) is 11.4. The molecule has 110 valence electrons.